The number of benzene rings is 1. The van der Waals surface area contributed by atoms with Crippen molar-refractivity contribution in [3.05, 3.63) is 35.3 Å². The van der Waals surface area contributed by atoms with Gasteiger partial charge in [-0.2, -0.15) is 5.26 Å². The van der Waals surface area contributed by atoms with Gasteiger partial charge in [-0.25, -0.2) is 9.02 Å². The third kappa shape index (κ3) is 4.69. The molecular formula is C15H16FN5O4S. The first kappa shape index (κ1) is 19.6. The van der Waals surface area contributed by atoms with E-state index >= 15 is 0 Å². The molecule has 138 valence electrons. The van der Waals surface area contributed by atoms with Gasteiger partial charge in [0.15, 0.2) is 10.7 Å². The number of nitriles is 1. The maximum absolute atomic E-state index is 13.4. The first-order valence-corrected chi connectivity index (χ1v) is 8.29. The summed E-state index contributed by atoms with van der Waals surface area (Å²) in [6, 6.07) is 5.37. The van der Waals surface area contributed by atoms with E-state index in [0.717, 1.165) is 17.8 Å². The van der Waals surface area contributed by atoms with Crippen LogP contribution < -0.4 is 5.32 Å². The molecule has 4 N–H and O–H groups in total. The van der Waals surface area contributed by atoms with Gasteiger partial charge in [0.1, 0.15) is 11.9 Å². The third-order valence-electron chi connectivity index (χ3n) is 3.33. The fraction of sp³-hybridized carbons (Fsp3) is 0.333. The molecule has 0 aliphatic carbocycles. The molecule has 2 rings (SSSR count). The number of hydrogen-bond acceptors (Lipinski definition) is 9. The maximum Gasteiger partial charge on any atom is 0.202 e. The van der Waals surface area contributed by atoms with E-state index in [2.05, 4.69) is 25.4 Å². The van der Waals surface area contributed by atoms with Gasteiger partial charge >= 0.3 is 0 Å². The summed E-state index contributed by atoms with van der Waals surface area (Å²) < 4.78 is 18.0. The first-order chi connectivity index (χ1) is 12.3. The lowest BCUT2D eigenvalue weighted by Crippen LogP contribution is -2.37. The summed E-state index contributed by atoms with van der Waals surface area (Å²) in [5.41, 5.74) is -1.17. The minimum absolute atomic E-state index is 0.0447. The van der Waals surface area contributed by atoms with E-state index in [-0.39, 0.29) is 33.6 Å². The molecule has 26 heavy (non-hydrogen) atoms. The van der Waals surface area contributed by atoms with E-state index in [1.54, 1.807) is 6.07 Å². The van der Waals surface area contributed by atoms with Crippen LogP contribution in [-0.2, 0) is 0 Å². The van der Waals surface area contributed by atoms with Gasteiger partial charge < -0.3 is 20.7 Å². The van der Waals surface area contributed by atoms with Crippen LogP contribution in [0.3, 0.4) is 0 Å². The zero-order valence-corrected chi connectivity index (χ0v) is 14.7. The molecule has 9 nitrogen and oxygen atoms in total. The number of aromatic nitrogens is 2. The molecule has 1 heterocycles. The SMILES string of the molecule is CC(C)(O)[C@H](O)CSc1nonc1/C(=N/O)Nc1ccc(F)c(C#N)c1. The monoisotopic (exact) mass is 381 g/mol. The van der Waals surface area contributed by atoms with Gasteiger partial charge in [-0.1, -0.05) is 16.9 Å². The van der Waals surface area contributed by atoms with Crippen LogP contribution in [0.2, 0.25) is 0 Å². The Morgan fingerprint density at radius 3 is 2.85 bits per heavy atom. The largest absolute Gasteiger partial charge is 0.409 e. The van der Waals surface area contributed by atoms with E-state index in [9.17, 15) is 19.8 Å². The van der Waals surface area contributed by atoms with Crippen LogP contribution in [0.4, 0.5) is 10.1 Å². The standard InChI is InChI=1S/C15H16FN5O4S/c1-15(2,23)11(22)7-26-14-12(20-25-21-14)13(19-24)18-9-3-4-10(16)8(5-9)6-17/h3-5,11,22-24H,7H2,1-2H3,(H,18,19)/t11-/m1/s1. The number of thioether (sulfide) groups is 1. The molecule has 0 fully saturated rings. The average molecular weight is 381 g/mol. The number of oxime groups is 1. The third-order valence-corrected chi connectivity index (χ3v) is 4.35. The first-order valence-electron chi connectivity index (χ1n) is 7.31. The summed E-state index contributed by atoms with van der Waals surface area (Å²) in [6.45, 7) is 2.92. The Bertz CT molecular complexity index is 843. The van der Waals surface area contributed by atoms with E-state index in [1.807, 2.05) is 0 Å². The Morgan fingerprint density at radius 2 is 2.23 bits per heavy atom. The Hall–Kier alpha value is -2.68. The minimum Gasteiger partial charge on any atom is -0.409 e. The Morgan fingerprint density at radius 1 is 1.50 bits per heavy atom. The lowest BCUT2D eigenvalue weighted by atomic mass is 10.0. The second-order valence-corrected chi connectivity index (χ2v) is 6.79. The van der Waals surface area contributed by atoms with Crippen LogP contribution >= 0.6 is 11.8 Å². The Balaban J connectivity index is 2.17. The van der Waals surface area contributed by atoms with E-state index < -0.39 is 17.5 Å². The summed E-state index contributed by atoms with van der Waals surface area (Å²) in [5, 5.41) is 51.0. The number of rotatable bonds is 6. The average Bonchev–Trinajstić information content (AvgIpc) is 3.06. The van der Waals surface area contributed by atoms with Gasteiger partial charge in [0.2, 0.25) is 5.84 Å². The summed E-state index contributed by atoms with van der Waals surface area (Å²) in [4.78, 5) is 0. The number of amidine groups is 1. The quantitative estimate of drug-likeness (QED) is 0.192. The zero-order chi connectivity index (χ0) is 19.3. The molecule has 0 amide bonds. The van der Waals surface area contributed by atoms with Gasteiger partial charge in [-0.3, -0.25) is 0 Å². The van der Waals surface area contributed by atoms with E-state index in [4.69, 9.17) is 5.26 Å². The van der Waals surface area contributed by atoms with Crippen molar-refractivity contribution in [2.75, 3.05) is 11.1 Å². The fourth-order valence-corrected chi connectivity index (χ4v) is 2.82. The second kappa shape index (κ2) is 8.13. The Kier molecular flexibility index (Phi) is 6.14. The molecule has 0 saturated carbocycles. The lowest BCUT2D eigenvalue weighted by Gasteiger charge is -2.23. The van der Waals surface area contributed by atoms with Crippen LogP contribution in [0.1, 0.15) is 25.1 Å². The molecule has 0 aliphatic rings. The zero-order valence-electron chi connectivity index (χ0n) is 13.8. The second-order valence-electron chi connectivity index (χ2n) is 5.78. The summed E-state index contributed by atoms with van der Waals surface area (Å²) >= 11 is 1.03. The molecule has 1 aromatic carbocycles. The van der Waals surface area contributed by atoms with Crippen molar-refractivity contribution in [1.29, 1.82) is 5.26 Å². The predicted octanol–water partition coefficient (Wildman–Crippen LogP) is 1.55. The van der Waals surface area contributed by atoms with Crippen LogP contribution in [0, 0.1) is 17.1 Å². The van der Waals surface area contributed by atoms with Crippen molar-refractivity contribution in [2.24, 2.45) is 5.16 Å². The predicted molar refractivity (Wildman–Crippen MR) is 90.4 cm³/mol. The highest BCUT2D eigenvalue weighted by Gasteiger charge is 2.26. The van der Waals surface area contributed by atoms with Gasteiger partial charge in [-0.05, 0) is 42.4 Å². The van der Waals surface area contributed by atoms with E-state index in [0.29, 0.717) is 0 Å². The van der Waals surface area contributed by atoms with Crippen LogP contribution in [0.15, 0.2) is 33.0 Å². The number of hydrogen-bond donors (Lipinski definition) is 4. The summed E-state index contributed by atoms with van der Waals surface area (Å²) in [6.07, 6.45) is -1.05. The summed E-state index contributed by atoms with van der Waals surface area (Å²) in [5.74, 6) is -0.749. The molecule has 1 aromatic heterocycles. The highest BCUT2D eigenvalue weighted by molar-refractivity contribution is 7.99. The molecule has 1 atom stereocenters. The molecule has 0 aliphatic heterocycles. The smallest absolute Gasteiger partial charge is 0.202 e. The molecular weight excluding hydrogens is 365 g/mol. The highest BCUT2D eigenvalue weighted by Crippen LogP contribution is 2.24. The van der Waals surface area contributed by atoms with Crippen molar-refractivity contribution < 1.29 is 24.4 Å². The molecule has 2 aromatic rings. The van der Waals surface area contributed by atoms with Crippen LogP contribution in [0.25, 0.3) is 0 Å². The molecule has 0 bridgehead atoms. The van der Waals surface area contributed by atoms with Crippen LogP contribution in [0.5, 0.6) is 0 Å². The van der Waals surface area contributed by atoms with Crippen molar-refractivity contribution in [2.45, 2.75) is 30.6 Å². The number of nitrogens with zero attached hydrogens (tertiary/aromatic N) is 4. The van der Waals surface area contributed by atoms with Crippen molar-refractivity contribution >= 4 is 23.3 Å². The van der Waals surface area contributed by atoms with Crippen molar-refractivity contribution in [3.8, 4) is 6.07 Å². The normalized spacial score (nSPS) is 13.3. The lowest BCUT2D eigenvalue weighted by molar-refractivity contribution is -0.0350. The minimum atomic E-state index is -1.31. The molecule has 0 spiro atoms. The molecule has 0 saturated heterocycles. The number of nitrogens with one attached hydrogen (secondary N) is 1. The fourth-order valence-electron chi connectivity index (χ4n) is 1.74. The highest BCUT2D eigenvalue weighted by atomic mass is 32.2. The van der Waals surface area contributed by atoms with Gasteiger partial charge in [-0.15, -0.1) is 0 Å². The van der Waals surface area contributed by atoms with Crippen molar-refractivity contribution in [3.63, 3.8) is 0 Å². The number of aliphatic hydroxyl groups excluding tert-OH is 1. The Labute approximate surface area is 152 Å². The molecule has 0 radical (unpaired) electrons. The van der Waals surface area contributed by atoms with Crippen molar-refractivity contribution in [1.82, 2.24) is 10.3 Å². The summed E-state index contributed by atoms with van der Waals surface area (Å²) in [7, 11) is 0. The number of anilines is 1. The maximum atomic E-state index is 13.4. The number of aliphatic hydroxyl groups is 2. The molecule has 0 unspecified atom stereocenters. The van der Waals surface area contributed by atoms with Gasteiger partial charge in [0.05, 0.1) is 17.3 Å². The molecule has 11 heteroatoms. The topological polar surface area (TPSA) is 148 Å². The number of halogens is 1. The van der Waals surface area contributed by atoms with Crippen LogP contribution in [-0.4, -0.2) is 49.0 Å². The van der Waals surface area contributed by atoms with Gasteiger partial charge in [0.25, 0.3) is 0 Å². The van der Waals surface area contributed by atoms with E-state index in [1.165, 1.54) is 26.0 Å². The van der Waals surface area contributed by atoms with Gasteiger partial charge in [0, 0.05) is 11.4 Å².